The molecule has 0 aliphatic carbocycles. The topological polar surface area (TPSA) is 76.1 Å². The first-order valence-electron chi connectivity index (χ1n) is 4.55. The number of hydroxylamine groups is 2. The number of hydrogen-bond donors (Lipinski definition) is 1. The van der Waals surface area contributed by atoms with E-state index in [-0.39, 0.29) is 26.2 Å². The molecule has 0 aliphatic heterocycles. The van der Waals surface area contributed by atoms with Crippen molar-refractivity contribution in [2.45, 2.75) is 13.8 Å². The van der Waals surface area contributed by atoms with Gasteiger partial charge >= 0.3 is 7.60 Å². The molecule has 15 heavy (non-hydrogen) atoms. The summed E-state index contributed by atoms with van der Waals surface area (Å²) in [5.74, 6) is 1.23. The van der Waals surface area contributed by atoms with E-state index in [1.165, 1.54) is 11.9 Å². The molecule has 0 heterocycles. The van der Waals surface area contributed by atoms with Gasteiger partial charge in [-0.25, -0.2) is 5.06 Å². The molecule has 0 bridgehead atoms. The van der Waals surface area contributed by atoms with Crippen LogP contribution in [-0.4, -0.2) is 36.4 Å². The van der Waals surface area contributed by atoms with E-state index in [2.05, 4.69) is 0 Å². The average Bonchev–Trinajstić information content (AvgIpc) is 2.18. The molecule has 0 fully saturated rings. The fraction of sp³-hybridized carbons (Fsp3) is 0.625. The van der Waals surface area contributed by atoms with Crippen LogP contribution in [0.5, 0.6) is 0 Å². The number of carbonyl (C=O) groups excluding carboxylic acids is 1. The molecular formula is C8H16NO5P. The monoisotopic (exact) mass is 237 g/mol. The molecule has 0 atom stereocenters. The quantitative estimate of drug-likeness (QED) is 0.300. The lowest BCUT2D eigenvalue weighted by Gasteiger charge is -2.12. The molecule has 0 radical (unpaired) electrons. The summed E-state index contributed by atoms with van der Waals surface area (Å²) in [6, 6.07) is 0. The minimum Gasteiger partial charge on any atom is -0.306 e. The van der Waals surface area contributed by atoms with Crippen molar-refractivity contribution in [3.63, 3.8) is 0 Å². The van der Waals surface area contributed by atoms with Crippen LogP contribution in [0, 0.1) is 0 Å². The Labute approximate surface area is 89.0 Å². The molecule has 0 aromatic heterocycles. The van der Waals surface area contributed by atoms with Gasteiger partial charge in [-0.05, 0) is 13.8 Å². The van der Waals surface area contributed by atoms with Crippen LogP contribution in [0.15, 0.2) is 11.9 Å². The lowest BCUT2D eigenvalue weighted by atomic mass is 10.6. The highest BCUT2D eigenvalue weighted by Gasteiger charge is 2.18. The SMILES string of the molecule is CCOP(=O)(/C=C/CN(O)C=O)OCC. The van der Waals surface area contributed by atoms with Gasteiger partial charge in [0.1, 0.15) is 0 Å². The van der Waals surface area contributed by atoms with Gasteiger partial charge in [-0.15, -0.1) is 0 Å². The van der Waals surface area contributed by atoms with E-state index in [9.17, 15) is 9.36 Å². The van der Waals surface area contributed by atoms with Gasteiger partial charge in [0.05, 0.1) is 19.8 Å². The molecule has 1 amide bonds. The smallest absolute Gasteiger partial charge is 0.306 e. The summed E-state index contributed by atoms with van der Waals surface area (Å²) in [5.41, 5.74) is 0. The minimum absolute atomic E-state index is 0.0619. The lowest BCUT2D eigenvalue weighted by molar-refractivity contribution is -0.147. The zero-order valence-corrected chi connectivity index (χ0v) is 9.72. The van der Waals surface area contributed by atoms with E-state index in [1.54, 1.807) is 13.8 Å². The summed E-state index contributed by atoms with van der Waals surface area (Å²) < 4.78 is 21.7. The van der Waals surface area contributed by atoms with E-state index >= 15 is 0 Å². The van der Waals surface area contributed by atoms with Crippen molar-refractivity contribution in [2.24, 2.45) is 0 Å². The minimum atomic E-state index is -3.22. The average molecular weight is 237 g/mol. The van der Waals surface area contributed by atoms with Crippen molar-refractivity contribution < 1.29 is 23.6 Å². The van der Waals surface area contributed by atoms with Gasteiger partial charge in [0.15, 0.2) is 0 Å². The van der Waals surface area contributed by atoms with Crippen LogP contribution in [0.25, 0.3) is 0 Å². The van der Waals surface area contributed by atoms with Gasteiger partial charge in [0, 0.05) is 5.82 Å². The maximum absolute atomic E-state index is 11.8. The Balaban J connectivity index is 4.27. The van der Waals surface area contributed by atoms with Crippen molar-refractivity contribution in [1.82, 2.24) is 5.06 Å². The molecule has 0 aromatic rings. The first-order valence-corrected chi connectivity index (χ1v) is 6.16. The van der Waals surface area contributed by atoms with Crippen LogP contribution in [0.3, 0.4) is 0 Å². The zero-order chi connectivity index (χ0) is 11.7. The van der Waals surface area contributed by atoms with Crippen molar-refractivity contribution in [2.75, 3.05) is 19.8 Å². The lowest BCUT2D eigenvalue weighted by Crippen LogP contribution is -2.16. The molecule has 88 valence electrons. The highest BCUT2D eigenvalue weighted by atomic mass is 31.2. The summed E-state index contributed by atoms with van der Waals surface area (Å²) in [7, 11) is -3.22. The summed E-state index contributed by atoms with van der Waals surface area (Å²) in [4.78, 5) is 10.0. The van der Waals surface area contributed by atoms with Crippen LogP contribution >= 0.6 is 7.60 Å². The Morgan fingerprint density at radius 3 is 2.27 bits per heavy atom. The molecule has 0 saturated heterocycles. The van der Waals surface area contributed by atoms with Crippen LogP contribution in [0.2, 0.25) is 0 Å². The first kappa shape index (κ1) is 14.3. The van der Waals surface area contributed by atoms with E-state index in [1.807, 2.05) is 0 Å². The van der Waals surface area contributed by atoms with Crippen molar-refractivity contribution in [1.29, 1.82) is 0 Å². The van der Waals surface area contributed by atoms with Gasteiger partial charge in [0.2, 0.25) is 6.41 Å². The second-order valence-electron chi connectivity index (χ2n) is 2.49. The van der Waals surface area contributed by atoms with Gasteiger partial charge in [0.25, 0.3) is 0 Å². The second kappa shape index (κ2) is 7.59. The van der Waals surface area contributed by atoms with Crippen molar-refractivity contribution in [3.05, 3.63) is 11.9 Å². The maximum atomic E-state index is 11.8. The van der Waals surface area contributed by atoms with Crippen LogP contribution in [-0.2, 0) is 18.4 Å². The molecule has 0 saturated carbocycles. The van der Waals surface area contributed by atoms with Crippen molar-refractivity contribution in [3.8, 4) is 0 Å². The molecule has 0 aromatic carbocycles. The highest BCUT2D eigenvalue weighted by Crippen LogP contribution is 2.49. The summed E-state index contributed by atoms with van der Waals surface area (Å²) >= 11 is 0. The predicted octanol–water partition coefficient (Wildman–Crippen LogP) is 1.61. The van der Waals surface area contributed by atoms with Gasteiger partial charge in [-0.1, -0.05) is 6.08 Å². The molecule has 0 spiro atoms. The van der Waals surface area contributed by atoms with Crippen LogP contribution < -0.4 is 0 Å². The second-order valence-corrected chi connectivity index (χ2v) is 4.38. The normalized spacial score (nSPS) is 11.9. The number of amides is 1. The summed E-state index contributed by atoms with van der Waals surface area (Å²) in [5, 5.41) is 9.17. The largest absolute Gasteiger partial charge is 0.353 e. The van der Waals surface area contributed by atoms with Crippen LogP contribution in [0.1, 0.15) is 13.8 Å². The fourth-order valence-corrected chi connectivity index (χ4v) is 2.13. The number of hydrogen-bond acceptors (Lipinski definition) is 5. The maximum Gasteiger partial charge on any atom is 0.353 e. The summed E-state index contributed by atoms with van der Waals surface area (Å²) in [6.07, 6.45) is 1.59. The molecule has 1 N–H and O–H groups in total. The molecule has 0 unspecified atom stereocenters. The highest BCUT2D eigenvalue weighted by molar-refractivity contribution is 7.57. The van der Waals surface area contributed by atoms with Gasteiger partial charge in [-0.3, -0.25) is 14.6 Å². The Hall–Kier alpha value is -0.680. The summed E-state index contributed by atoms with van der Waals surface area (Å²) in [6.45, 7) is 3.86. The Morgan fingerprint density at radius 1 is 1.33 bits per heavy atom. The molecule has 6 nitrogen and oxygen atoms in total. The first-order chi connectivity index (χ1) is 7.08. The number of nitrogens with zero attached hydrogens (tertiary/aromatic N) is 1. The standard InChI is InChI=1S/C8H16NO5P/c1-3-13-15(12,14-4-2)7-5-6-9(11)8-10/h5,7-8,11H,3-4,6H2,1-2H3/b7-5+. The van der Waals surface area contributed by atoms with E-state index in [0.717, 1.165) is 0 Å². The van der Waals surface area contributed by atoms with Crippen molar-refractivity contribution >= 4 is 14.0 Å². The Kier molecular flexibility index (Phi) is 7.25. The Bertz CT molecular complexity index is 245. The van der Waals surface area contributed by atoms with Gasteiger partial charge in [-0.2, -0.15) is 0 Å². The Morgan fingerprint density at radius 2 is 1.87 bits per heavy atom. The van der Waals surface area contributed by atoms with E-state index < -0.39 is 7.60 Å². The van der Waals surface area contributed by atoms with E-state index in [0.29, 0.717) is 5.06 Å². The molecular weight excluding hydrogens is 221 g/mol. The zero-order valence-electron chi connectivity index (χ0n) is 8.83. The third-order valence-electron chi connectivity index (χ3n) is 1.32. The van der Waals surface area contributed by atoms with Gasteiger partial charge < -0.3 is 9.05 Å². The molecule has 0 rings (SSSR count). The van der Waals surface area contributed by atoms with Crippen LogP contribution in [0.4, 0.5) is 0 Å². The molecule has 0 aliphatic rings. The number of carbonyl (C=O) groups is 1. The predicted molar refractivity (Wildman–Crippen MR) is 54.6 cm³/mol. The number of rotatable bonds is 8. The fourth-order valence-electron chi connectivity index (χ4n) is 0.810. The third-order valence-corrected chi connectivity index (χ3v) is 3.13. The molecule has 7 heteroatoms. The van der Waals surface area contributed by atoms with E-state index in [4.69, 9.17) is 14.3 Å². The third kappa shape index (κ3) is 6.41.